The zero-order chi connectivity index (χ0) is 23.9. The molecule has 9 heteroatoms. The molecule has 8 nitrogen and oxygen atoms in total. The van der Waals surface area contributed by atoms with Crippen LogP contribution < -0.4 is 9.47 Å². The molecule has 0 N–H and O–H groups in total. The summed E-state index contributed by atoms with van der Waals surface area (Å²) in [5.41, 5.74) is 1.10. The van der Waals surface area contributed by atoms with E-state index in [9.17, 15) is 9.59 Å². The maximum absolute atomic E-state index is 13.5. The number of carbonyl (C=O) groups excluding carboxylic acids is 2. The highest BCUT2D eigenvalue weighted by Gasteiger charge is 2.34. The summed E-state index contributed by atoms with van der Waals surface area (Å²) < 4.78 is 22.3. The predicted octanol–water partition coefficient (Wildman–Crippen LogP) is 2.92. The third-order valence-electron chi connectivity index (χ3n) is 6.28. The Balaban J connectivity index is 1.50. The fraction of sp³-hybridized carbons (Fsp3) is 0.520. The Bertz CT molecular complexity index is 974. The Morgan fingerprint density at radius 3 is 2.76 bits per heavy atom. The van der Waals surface area contributed by atoms with Gasteiger partial charge in [-0.3, -0.25) is 9.59 Å². The molecule has 1 aromatic carbocycles. The Morgan fingerprint density at radius 2 is 2.03 bits per heavy atom. The zero-order valence-electron chi connectivity index (χ0n) is 19.7. The summed E-state index contributed by atoms with van der Waals surface area (Å²) in [5.74, 6) is 0.971. The van der Waals surface area contributed by atoms with E-state index in [4.69, 9.17) is 18.9 Å². The van der Waals surface area contributed by atoms with E-state index in [1.54, 1.807) is 23.3 Å². The molecule has 0 radical (unpaired) electrons. The highest BCUT2D eigenvalue weighted by atomic mass is 32.1. The van der Waals surface area contributed by atoms with Gasteiger partial charge in [0.05, 0.1) is 25.8 Å². The van der Waals surface area contributed by atoms with Crippen molar-refractivity contribution in [2.75, 3.05) is 53.7 Å². The Morgan fingerprint density at radius 1 is 1.21 bits per heavy atom. The lowest BCUT2D eigenvalue weighted by Crippen LogP contribution is -2.49. The van der Waals surface area contributed by atoms with Gasteiger partial charge in [0, 0.05) is 31.7 Å². The Kier molecular flexibility index (Phi) is 8.42. The van der Waals surface area contributed by atoms with E-state index >= 15 is 0 Å². The normalized spacial score (nSPS) is 19.5. The van der Waals surface area contributed by atoms with Gasteiger partial charge in [0.1, 0.15) is 13.2 Å². The lowest BCUT2D eigenvalue weighted by Gasteiger charge is -2.37. The van der Waals surface area contributed by atoms with Gasteiger partial charge in [-0.1, -0.05) is 12.1 Å². The van der Waals surface area contributed by atoms with E-state index < -0.39 is 0 Å². The minimum Gasteiger partial charge on any atom is -0.493 e. The van der Waals surface area contributed by atoms with Gasteiger partial charge < -0.3 is 28.7 Å². The van der Waals surface area contributed by atoms with Gasteiger partial charge in [-0.05, 0) is 48.4 Å². The van der Waals surface area contributed by atoms with Crippen molar-refractivity contribution in [1.29, 1.82) is 0 Å². The van der Waals surface area contributed by atoms with Gasteiger partial charge >= 0.3 is 0 Å². The summed E-state index contributed by atoms with van der Waals surface area (Å²) in [6.45, 7) is 1.90. The van der Waals surface area contributed by atoms with Crippen molar-refractivity contribution in [2.24, 2.45) is 0 Å². The van der Waals surface area contributed by atoms with Crippen LogP contribution in [0.1, 0.15) is 29.3 Å². The second-order valence-electron chi connectivity index (χ2n) is 8.46. The number of thiophene rings is 1. The fourth-order valence-corrected chi connectivity index (χ4v) is 5.47. The number of fused-ring (bicyclic) bond motifs is 1. The molecule has 2 aliphatic heterocycles. The van der Waals surface area contributed by atoms with Crippen molar-refractivity contribution in [3.05, 3.63) is 46.2 Å². The largest absolute Gasteiger partial charge is 0.493 e. The second-order valence-corrected chi connectivity index (χ2v) is 9.46. The molecule has 184 valence electrons. The lowest BCUT2D eigenvalue weighted by atomic mass is 10.0. The molecule has 0 saturated carbocycles. The molecular formula is C25H32N2O6S. The first kappa shape index (κ1) is 24.5. The molecule has 1 aromatic heterocycles. The van der Waals surface area contributed by atoms with Crippen LogP contribution in [0.4, 0.5) is 0 Å². The number of methoxy groups -OCH3 is 2. The standard InChI is InChI=1S/C25H32N2O6S/c1-30-17-25(29)26(14-18-6-5-12-32-18)15-24(28)27-11-9-23-19(10-13-34-23)20(27)16-33-22-8-4-3-7-21(22)31-2/h3-4,7-8,10,13,18,20H,5-6,9,11-12,14-17H2,1-2H3. The molecule has 2 unspecified atom stereocenters. The summed E-state index contributed by atoms with van der Waals surface area (Å²) in [5, 5.41) is 2.06. The van der Waals surface area contributed by atoms with Crippen molar-refractivity contribution in [3.8, 4) is 11.5 Å². The minimum atomic E-state index is -0.241. The molecule has 1 fully saturated rings. The van der Waals surface area contributed by atoms with Crippen molar-refractivity contribution < 1.29 is 28.5 Å². The van der Waals surface area contributed by atoms with Gasteiger partial charge in [-0.2, -0.15) is 0 Å². The van der Waals surface area contributed by atoms with Crippen LogP contribution in [-0.2, 0) is 25.5 Å². The van der Waals surface area contributed by atoms with E-state index in [0.717, 1.165) is 24.8 Å². The smallest absolute Gasteiger partial charge is 0.249 e. The average Bonchev–Trinajstić information content (AvgIpc) is 3.54. The van der Waals surface area contributed by atoms with Gasteiger partial charge in [-0.15, -0.1) is 11.3 Å². The molecule has 2 aliphatic rings. The zero-order valence-corrected chi connectivity index (χ0v) is 20.6. The molecule has 34 heavy (non-hydrogen) atoms. The van der Waals surface area contributed by atoms with Crippen molar-refractivity contribution >= 4 is 23.2 Å². The third-order valence-corrected chi connectivity index (χ3v) is 7.27. The first-order valence-electron chi connectivity index (χ1n) is 11.6. The first-order valence-corrected chi connectivity index (χ1v) is 12.5. The lowest BCUT2D eigenvalue weighted by molar-refractivity contribution is -0.145. The number of rotatable bonds is 10. The van der Waals surface area contributed by atoms with Crippen LogP contribution >= 0.6 is 11.3 Å². The van der Waals surface area contributed by atoms with Crippen LogP contribution in [-0.4, -0.2) is 81.4 Å². The summed E-state index contributed by atoms with van der Waals surface area (Å²) >= 11 is 1.70. The van der Waals surface area contributed by atoms with E-state index in [1.165, 1.54) is 12.0 Å². The van der Waals surface area contributed by atoms with E-state index in [-0.39, 0.29) is 37.1 Å². The Hall–Kier alpha value is -2.62. The molecule has 1 saturated heterocycles. The summed E-state index contributed by atoms with van der Waals surface area (Å²) in [7, 11) is 3.09. The molecular weight excluding hydrogens is 456 g/mol. The predicted molar refractivity (Wildman–Crippen MR) is 128 cm³/mol. The second kappa shape index (κ2) is 11.7. The molecule has 0 bridgehead atoms. The third kappa shape index (κ3) is 5.71. The Labute approximate surface area is 204 Å². The van der Waals surface area contributed by atoms with Gasteiger partial charge in [-0.25, -0.2) is 0 Å². The molecule has 2 aromatic rings. The first-order chi connectivity index (χ1) is 16.6. The van der Waals surface area contributed by atoms with E-state index in [1.807, 2.05) is 29.2 Å². The van der Waals surface area contributed by atoms with Gasteiger partial charge in [0.2, 0.25) is 11.8 Å². The van der Waals surface area contributed by atoms with E-state index in [0.29, 0.717) is 37.8 Å². The number of benzene rings is 1. The number of nitrogens with zero attached hydrogens (tertiary/aromatic N) is 2. The molecule has 4 rings (SSSR count). The molecule has 2 amide bonds. The SMILES string of the molecule is COCC(=O)N(CC(=O)N1CCc2sccc2C1COc1ccccc1OC)CC1CCCO1. The van der Waals surface area contributed by atoms with Gasteiger partial charge in [0.15, 0.2) is 11.5 Å². The fourth-order valence-electron chi connectivity index (χ4n) is 4.54. The average molecular weight is 489 g/mol. The molecule has 0 spiro atoms. The monoisotopic (exact) mass is 488 g/mol. The van der Waals surface area contributed by atoms with Crippen LogP contribution in [0.5, 0.6) is 11.5 Å². The molecule has 2 atom stereocenters. The minimum absolute atomic E-state index is 0.00726. The van der Waals surface area contributed by atoms with E-state index in [2.05, 4.69) is 11.4 Å². The number of amides is 2. The number of hydrogen-bond donors (Lipinski definition) is 0. The number of para-hydroxylation sites is 2. The van der Waals surface area contributed by atoms with Crippen LogP contribution in [0.3, 0.4) is 0 Å². The molecule has 0 aliphatic carbocycles. The quantitative estimate of drug-likeness (QED) is 0.512. The van der Waals surface area contributed by atoms with Crippen LogP contribution in [0.25, 0.3) is 0 Å². The number of hydrogen-bond acceptors (Lipinski definition) is 7. The van der Waals surface area contributed by atoms with Crippen LogP contribution in [0, 0.1) is 0 Å². The highest BCUT2D eigenvalue weighted by Crippen LogP contribution is 2.35. The maximum Gasteiger partial charge on any atom is 0.249 e. The van der Waals surface area contributed by atoms with Crippen molar-refractivity contribution in [1.82, 2.24) is 9.80 Å². The molecule has 3 heterocycles. The maximum atomic E-state index is 13.5. The summed E-state index contributed by atoms with van der Waals surface area (Å²) in [4.78, 5) is 30.9. The number of ether oxygens (including phenoxy) is 4. The van der Waals surface area contributed by atoms with Crippen LogP contribution in [0.2, 0.25) is 0 Å². The number of carbonyl (C=O) groups is 2. The van der Waals surface area contributed by atoms with Crippen molar-refractivity contribution in [3.63, 3.8) is 0 Å². The topological polar surface area (TPSA) is 77.5 Å². The van der Waals surface area contributed by atoms with Crippen LogP contribution in [0.15, 0.2) is 35.7 Å². The van der Waals surface area contributed by atoms with Crippen molar-refractivity contribution in [2.45, 2.75) is 31.4 Å². The summed E-state index contributed by atoms with van der Waals surface area (Å²) in [6, 6.07) is 9.31. The summed E-state index contributed by atoms with van der Waals surface area (Å²) in [6.07, 6.45) is 2.62. The van der Waals surface area contributed by atoms with Gasteiger partial charge in [0.25, 0.3) is 0 Å². The highest BCUT2D eigenvalue weighted by molar-refractivity contribution is 7.10.